The second kappa shape index (κ2) is 5.90. The predicted molar refractivity (Wildman–Crippen MR) is 79.7 cm³/mol. The topological polar surface area (TPSA) is 60.2 Å². The number of benzene rings is 1. The second-order valence-electron chi connectivity index (χ2n) is 5.14. The van der Waals surface area contributed by atoms with Crippen molar-refractivity contribution in [1.82, 2.24) is 14.8 Å². The average Bonchev–Trinajstić information content (AvgIpc) is 2.55. The van der Waals surface area contributed by atoms with Crippen molar-refractivity contribution in [3.8, 4) is 6.07 Å². The quantitative estimate of drug-likeness (QED) is 0.782. The number of carbonyl (C=O) groups is 1. The molecular weight excluding hydrogens is 264 g/mol. The number of pyridine rings is 1. The van der Waals surface area contributed by atoms with E-state index in [9.17, 15) is 4.79 Å². The van der Waals surface area contributed by atoms with Crippen LogP contribution in [0.15, 0.2) is 36.5 Å². The van der Waals surface area contributed by atoms with Crippen molar-refractivity contribution < 1.29 is 4.79 Å². The number of piperazine rings is 1. The van der Waals surface area contributed by atoms with Crippen molar-refractivity contribution in [3.05, 3.63) is 42.1 Å². The lowest BCUT2D eigenvalue weighted by atomic mass is 10.1. The van der Waals surface area contributed by atoms with Crippen molar-refractivity contribution >= 4 is 16.8 Å². The van der Waals surface area contributed by atoms with E-state index in [4.69, 9.17) is 5.26 Å². The zero-order valence-electron chi connectivity index (χ0n) is 11.7. The van der Waals surface area contributed by atoms with Crippen molar-refractivity contribution in [3.63, 3.8) is 0 Å². The highest BCUT2D eigenvalue weighted by atomic mass is 16.2. The monoisotopic (exact) mass is 280 g/mol. The summed E-state index contributed by atoms with van der Waals surface area (Å²) in [5.41, 5.74) is 1.59. The van der Waals surface area contributed by atoms with Gasteiger partial charge in [0.2, 0.25) is 0 Å². The summed E-state index contributed by atoms with van der Waals surface area (Å²) in [4.78, 5) is 20.7. The molecule has 0 N–H and O–H groups in total. The second-order valence-corrected chi connectivity index (χ2v) is 5.14. The summed E-state index contributed by atoms with van der Waals surface area (Å²) in [6.07, 6.45) is 1.75. The predicted octanol–water partition coefficient (Wildman–Crippen LogP) is 1.52. The van der Waals surface area contributed by atoms with Crippen molar-refractivity contribution in [1.29, 1.82) is 5.26 Å². The van der Waals surface area contributed by atoms with Crippen LogP contribution in [0.3, 0.4) is 0 Å². The van der Waals surface area contributed by atoms with Gasteiger partial charge in [-0.1, -0.05) is 6.07 Å². The third-order valence-electron chi connectivity index (χ3n) is 3.80. The van der Waals surface area contributed by atoms with Crippen LogP contribution in [-0.4, -0.2) is 53.4 Å². The summed E-state index contributed by atoms with van der Waals surface area (Å²) >= 11 is 0. The Morgan fingerprint density at radius 3 is 2.81 bits per heavy atom. The summed E-state index contributed by atoms with van der Waals surface area (Å²) in [6.45, 7) is 3.30. The van der Waals surface area contributed by atoms with E-state index in [1.807, 2.05) is 35.2 Å². The van der Waals surface area contributed by atoms with E-state index in [1.165, 1.54) is 0 Å². The molecule has 1 aliphatic heterocycles. The van der Waals surface area contributed by atoms with E-state index < -0.39 is 0 Å². The van der Waals surface area contributed by atoms with Gasteiger partial charge in [-0.25, -0.2) is 0 Å². The maximum absolute atomic E-state index is 12.5. The Labute approximate surface area is 123 Å². The molecule has 2 aromatic rings. The van der Waals surface area contributed by atoms with Crippen LogP contribution < -0.4 is 0 Å². The fourth-order valence-corrected chi connectivity index (χ4v) is 2.60. The number of rotatable bonds is 2. The smallest absolute Gasteiger partial charge is 0.253 e. The summed E-state index contributed by atoms with van der Waals surface area (Å²) < 4.78 is 0. The van der Waals surface area contributed by atoms with Gasteiger partial charge in [-0.05, 0) is 24.3 Å². The molecule has 0 aliphatic carbocycles. The van der Waals surface area contributed by atoms with Gasteiger partial charge < -0.3 is 4.90 Å². The van der Waals surface area contributed by atoms with Gasteiger partial charge in [0.1, 0.15) is 0 Å². The van der Waals surface area contributed by atoms with Crippen molar-refractivity contribution in [2.45, 2.75) is 0 Å². The van der Waals surface area contributed by atoms with E-state index in [0.717, 1.165) is 24.0 Å². The van der Waals surface area contributed by atoms with Crippen LogP contribution in [-0.2, 0) is 0 Å². The van der Waals surface area contributed by atoms with E-state index >= 15 is 0 Å². The molecule has 5 nitrogen and oxygen atoms in total. The molecule has 1 aromatic heterocycles. The first kappa shape index (κ1) is 13.5. The van der Waals surface area contributed by atoms with Crippen molar-refractivity contribution in [2.75, 3.05) is 32.7 Å². The lowest BCUT2D eigenvalue weighted by molar-refractivity contribution is 0.0652. The van der Waals surface area contributed by atoms with E-state index in [2.05, 4.69) is 16.0 Å². The molecule has 3 rings (SSSR count). The third-order valence-corrected chi connectivity index (χ3v) is 3.80. The molecule has 0 unspecified atom stereocenters. The zero-order valence-corrected chi connectivity index (χ0v) is 11.7. The standard InChI is InChI=1S/C16H16N4O/c17-5-7-19-8-10-20(11-9-19)16(21)14-3-4-15-13(12-14)2-1-6-18-15/h1-4,6,12H,7-11H2. The van der Waals surface area contributed by atoms with Crippen LogP contribution in [0, 0.1) is 11.3 Å². The Morgan fingerprint density at radius 1 is 1.24 bits per heavy atom. The number of hydrogen-bond acceptors (Lipinski definition) is 4. The number of nitrogens with zero attached hydrogens (tertiary/aromatic N) is 4. The first-order valence-corrected chi connectivity index (χ1v) is 7.01. The Kier molecular flexibility index (Phi) is 3.80. The molecule has 0 radical (unpaired) electrons. The fourth-order valence-electron chi connectivity index (χ4n) is 2.60. The SMILES string of the molecule is N#CCN1CCN(C(=O)c2ccc3ncccc3c2)CC1. The summed E-state index contributed by atoms with van der Waals surface area (Å²) in [5.74, 6) is 0.0531. The number of carbonyl (C=O) groups excluding carboxylic acids is 1. The fraction of sp³-hybridized carbons (Fsp3) is 0.312. The molecule has 0 spiro atoms. The molecule has 21 heavy (non-hydrogen) atoms. The Balaban J connectivity index is 1.74. The van der Waals surface area contributed by atoms with Gasteiger partial charge in [0.25, 0.3) is 5.91 Å². The lowest BCUT2D eigenvalue weighted by Gasteiger charge is -2.33. The minimum absolute atomic E-state index is 0.0531. The van der Waals surface area contributed by atoms with Gasteiger partial charge in [0, 0.05) is 43.3 Å². The molecule has 0 saturated carbocycles. The first-order chi connectivity index (χ1) is 10.3. The zero-order chi connectivity index (χ0) is 14.7. The summed E-state index contributed by atoms with van der Waals surface area (Å²) in [5, 5.41) is 9.67. The molecule has 0 atom stereocenters. The molecule has 106 valence electrons. The van der Waals surface area contributed by atoms with Gasteiger partial charge >= 0.3 is 0 Å². The van der Waals surface area contributed by atoms with Crippen LogP contribution in [0.25, 0.3) is 10.9 Å². The van der Waals surface area contributed by atoms with E-state index in [0.29, 0.717) is 25.2 Å². The maximum atomic E-state index is 12.5. The minimum Gasteiger partial charge on any atom is -0.336 e. The molecule has 1 aliphatic rings. The van der Waals surface area contributed by atoms with Gasteiger partial charge in [-0.3, -0.25) is 14.7 Å². The highest BCUT2D eigenvalue weighted by Gasteiger charge is 2.21. The minimum atomic E-state index is 0.0531. The Morgan fingerprint density at radius 2 is 2.05 bits per heavy atom. The largest absolute Gasteiger partial charge is 0.336 e. The van der Waals surface area contributed by atoms with Crippen LogP contribution in [0.2, 0.25) is 0 Å². The summed E-state index contributed by atoms with van der Waals surface area (Å²) in [6, 6.07) is 11.6. The van der Waals surface area contributed by atoms with Crippen LogP contribution in [0.4, 0.5) is 0 Å². The van der Waals surface area contributed by atoms with Crippen LogP contribution in [0.5, 0.6) is 0 Å². The van der Waals surface area contributed by atoms with Crippen molar-refractivity contribution in [2.24, 2.45) is 0 Å². The molecular formula is C16H16N4O. The van der Waals surface area contributed by atoms with E-state index in [1.54, 1.807) is 6.20 Å². The molecule has 1 amide bonds. The Bertz CT molecular complexity index is 699. The number of amides is 1. The molecule has 1 aromatic carbocycles. The van der Waals surface area contributed by atoms with Gasteiger partial charge in [0.05, 0.1) is 18.1 Å². The number of hydrogen-bond donors (Lipinski definition) is 0. The summed E-state index contributed by atoms with van der Waals surface area (Å²) in [7, 11) is 0. The third kappa shape index (κ3) is 2.86. The van der Waals surface area contributed by atoms with Crippen LogP contribution in [0.1, 0.15) is 10.4 Å². The number of aromatic nitrogens is 1. The van der Waals surface area contributed by atoms with Gasteiger partial charge in [-0.2, -0.15) is 5.26 Å². The molecule has 1 fully saturated rings. The molecule has 0 bridgehead atoms. The molecule has 2 heterocycles. The Hall–Kier alpha value is -2.45. The number of fused-ring (bicyclic) bond motifs is 1. The number of nitriles is 1. The highest BCUT2D eigenvalue weighted by Crippen LogP contribution is 2.15. The van der Waals surface area contributed by atoms with Gasteiger partial charge in [0.15, 0.2) is 0 Å². The first-order valence-electron chi connectivity index (χ1n) is 7.01. The average molecular weight is 280 g/mol. The molecule has 1 saturated heterocycles. The van der Waals surface area contributed by atoms with E-state index in [-0.39, 0.29) is 5.91 Å². The molecule has 5 heteroatoms. The normalized spacial score (nSPS) is 15.9. The maximum Gasteiger partial charge on any atom is 0.253 e. The highest BCUT2D eigenvalue weighted by molar-refractivity contribution is 5.98. The van der Waals surface area contributed by atoms with Gasteiger partial charge in [-0.15, -0.1) is 0 Å². The van der Waals surface area contributed by atoms with Crippen LogP contribution >= 0.6 is 0 Å². The lowest BCUT2D eigenvalue weighted by Crippen LogP contribution is -2.48.